The van der Waals surface area contributed by atoms with Crippen LogP contribution in [0.25, 0.3) is 22.0 Å². The van der Waals surface area contributed by atoms with Gasteiger partial charge in [0.2, 0.25) is 0 Å². The SMILES string of the molecule is C=CC(=O)Cc1cccc(-c2ccc(C(N)=O)c3[nH]c(CCO)cc23)c1. The van der Waals surface area contributed by atoms with Gasteiger partial charge < -0.3 is 15.8 Å². The normalized spacial score (nSPS) is 10.8. The lowest BCUT2D eigenvalue weighted by atomic mass is 9.96. The number of benzene rings is 2. The van der Waals surface area contributed by atoms with Gasteiger partial charge in [0.15, 0.2) is 5.78 Å². The first-order valence-electron chi connectivity index (χ1n) is 8.33. The molecular weight excluding hydrogens is 328 g/mol. The van der Waals surface area contributed by atoms with Crippen molar-refractivity contribution in [2.75, 3.05) is 6.61 Å². The molecule has 0 atom stereocenters. The summed E-state index contributed by atoms with van der Waals surface area (Å²) in [6.07, 6.45) is 2.07. The number of nitrogens with two attached hydrogens (primary N) is 1. The maximum Gasteiger partial charge on any atom is 0.250 e. The number of primary amides is 1. The number of hydrogen-bond donors (Lipinski definition) is 3. The van der Waals surface area contributed by atoms with Crippen LogP contribution in [-0.2, 0) is 17.6 Å². The quantitative estimate of drug-likeness (QED) is 0.573. The van der Waals surface area contributed by atoms with E-state index in [-0.39, 0.29) is 12.4 Å². The second-order valence-electron chi connectivity index (χ2n) is 6.13. The Morgan fingerprint density at radius 2 is 2.00 bits per heavy atom. The number of amides is 1. The molecule has 0 aliphatic heterocycles. The molecule has 1 aromatic heterocycles. The fourth-order valence-corrected chi connectivity index (χ4v) is 3.11. The van der Waals surface area contributed by atoms with Crippen molar-refractivity contribution in [3.8, 4) is 11.1 Å². The summed E-state index contributed by atoms with van der Waals surface area (Å²) in [6.45, 7) is 3.51. The number of carbonyl (C=O) groups is 2. The molecule has 1 amide bonds. The van der Waals surface area contributed by atoms with Crippen LogP contribution in [0, 0.1) is 0 Å². The Morgan fingerprint density at radius 3 is 2.69 bits per heavy atom. The molecule has 0 aliphatic carbocycles. The number of aromatic nitrogens is 1. The molecular formula is C21H20N2O3. The molecule has 4 N–H and O–H groups in total. The number of rotatable bonds is 7. The number of carbonyl (C=O) groups excluding carboxylic acids is 2. The van der Waals surface area contributed by atoms with Gasteiger partial charge in [-0.25, -0.2) is 0 Å². The summed E-state index contributed by atoms with van der Waals surface area (Å²) in [5.41, 5.74) is 10.1. The lowest BCUT2D eigenvalue weighted by Crippen LogP contribution is -2.11. The molecule has 2 aromatic carbocycles. The highest BCUT2D eigenvalue weighted by atomic mass is 16.3. The van der Waals surface area contributed by atoms with Gasteiger partial charge in [-0.2, -0.15) is 0 Å². The summed E-state index contributed by atoms with van der Waals surface area (Å²) in [5, 5.41) is 10.1. The lowest BCUT2D eigenvalue weighted by Gasteiger charge is -2.08. The van der Waals surface area contributed by atoms with Crippen LogP contribution in [-0.4, -0.2) is 28.4 Å². The highest BCUT2D eigenvalue weighted by Gasteiger charge is 2.14. The minimum Gasteiger partial charge on any atom is -0.396 e. The van der Waals surface area contributed by atoms with E-state index in [4.69, 9.17) is 5.73 Å². The number of hydrogen-bond acceptors (Lipinski definition) is 3. The van der Waals surface area contributed by atoms with Gasteiger partial charge in [-0.15, -0.1) is 0 Å². The van der Waals surface area contributed by atoms with Gasteiger partial charge >= 0.3 is 0 Å². The predicted molar refractivity (Wildman–Crippen MR) is 102 cm³/mol. The Kier molecular flexibility index (Phi) is 5.00. The molecule has 0 saturated carbocycles. The van der Waals surface area contributed by atoms with Gasteiger partial charge in [-0.05, 0) is 34.9 Å². The van der Waals surface area contributed by atoms with Gasteiger partial charge in [0.05, 0.1) is 11.1 Å². The van der Waals surface area contributed by atoms with E-state index in [2.05, 4.69) is 11.6 Å². The average Bonchev–Trinajstić information content (AvgIpc) is 3.04. The van der Waals surface area contributed by atoms with E-state index < -0.39 is 5.91 Å². The zero-order valence-electron chi connectivity index (χ0n) is 14.3. The van der Waals surface area contributed by atoms with Crippen molar-refractivity contribution in [3.05, 3.63) is 71.9 Å². The molecule has 0 aliphatic rings. The van der Waals surface area contributed by atoms with Crippen LogP contribution in [0.15, 0.2) is 55.1 Å². The predicted octanol–water partition coefficient (Wildman–Crippen LogP) is 2.77. The summed E-state index contributed by atoms with van der Waals surface area (Å²) in [4.78, 5) is 26.6. The van der Waals surface area contributed by atoms with Crippen LogP contribution in [0.2, 0.25) is 0 Å². The van der Waals surface area contributed by atoms with Crippen LogP contribution in [0.1, 0.15) is 21.6 Å². The number of aromatic amines is 1. The van der Waals surface area contributed by atoms with Gasteiger partial charge in [0, 0.05) is 30.5 Å². The number of aliphatic hydroxyl groups excluding tert-OH is 1. The zero-order valence-corrected chi connectivity index (χ0v) is 14.3. The first-order chi connectivity index (χ1) is 12.5. The van der Waals surface area contributed by atoms with Crippen molar-refractivity contribution in [1.29, 1.82) is 0 Å². The van der Waals surface area contributed by atoms with Crippen molar-refractivity contribution >= 4 is 22.6 Å². The van der Waals surface area contributed by atoms with E-state index in [1.165, 1.54) is 6.08 Å². The van der Waals surface area contributed by atoms with E-state index in [9.17, 15) is 14.7 Å². The molecule has 3 aromatic rings. The number of fused-ring (bicyclic) bond motifs is 1. The fourth-order valence-electron chi connectivity index (χ4n) is 3.11. The third kappa shape index (κ3) is 3.43. The van der Waals surface area contributed by atoms with Crippen LogP contribution < -0.4 is 5.73 Å². The van der Waals surface area contributed by atoms with Gasteiger partial charge in [-0.1, -0.05) is 36.9 Å². The maximum atomic E-state index is 11.7. The number of aliphatic hydroxyl groups is 1. The standard InChI is InChI=1S/C21H20N2O3/c1-2-16(25)11-13-4-3-5-14(10-13)17-6-7-18(21(22)26)20-19(17)12-15(23-20)8-9-24/h2-7,10,12,23-24H,1,8-9,11H2,(H2,22,26). The molecule has 0 bridgehead atoms. The minimum atomic E-state index is -0.510. The monoisotopic (exact) mass is 348 g/mol. The fraction of sp³-hybridized carbons (Fsp3) is 0.143. The second kappa shape index (κ2) is 7.37. The molecule has 26 heavy (non-hydrogen) atoms. The number of allylic oxidation sites excluding steroid dienone is 1. The molecule has 0 fully saturated rings. The zero-order chi connectivity index (χ0) is 18.7. The molecule has 1 heterocycles. The molecule has 3 rings (SSSR count). The summed E-state index contributed by atoms with van der Waals surface area (Å²) < 4.78 is 0. The smallest absolute Gasteiger partial charge is 0.250 e. The van der Waals surface area contributed by atoms with E-state index in [1.807, 2.05) is 36.4 Å². The second-order valence-corrected chi connectivity index (χ2v) is 6.13. The summed E-state index contributed by atoms with van der Waals surface area (Å²) >= 11 is 0. The third-order valence-corrected chi connectivity index (χ3v) is 4.34. The van der Waals surface area contributed by atoms with E-state index >= 15 is 0 Å². The summed E-state index contributed by atoms with van der Waals surface area (Å²) in [7, 11) is 0. The van der Waals surface area contributed by atoms with Crippen molar-refractivity contribution in [2.45, 2.75) is 12.8 Å². The van der Waals surface area contributed by atoms with Crippen LogP contribution >= 0.6 is 0 Å². The van der Waals surface area contributed by atoms with Gasteiger partial charge in [-0.3, -0.25) is 9.59 Å². The average molecular weight is 348 g/mol. The first kappa shape index (κ1) is 17.6. The van der Waals surface area contributed by atoms with E-state index in [0.717, 1.165) is 27.8 Å². The summed E-state index contributed by atoms with van der Waals surface area (Å²) in [5.74, 6) is -0.549. The van der Waals surface area contributed by atoms with Gasteiger partial charge in [0.25, 0.3) is 5.91 Å². The van der Waals surface area contributed by atoms with Crippen LogP contribution in [0.5, 0.6) is 0 Å². The Labute approximate surface area is 151 Å². The topological polar surface area (TPSA) is 96.2 Å². The molecule has 132 valence electrons. The van der Waals surface area contributed by atoms with Crippen molar-refractivity contribution in [1.82, 2.24) is 4.98 Å². The Bertz CT molecular complexity index is 1000. The minimum absolute atomic E-state index is 0.00715. The lowest BCUT2D eigenvalue weighted by molar-refractivity contribution is -0.114. The van der Waals surface area contributed by atoms with Crippen molar-refractivity contribution in [2.24, 2.45) is 5.73 Å². The molecule has 5 heteroatoms. The van der Waals surface area contributed by atoms with Crippen LogP contribution in [0.3, 0.4) is 0 Å². The number of H-pyrrole nitrogens is 1. The first-order valence-corrected chi connectivity index (χ1v) is 8.33. The molecule has 5 nitrogen and oxygen atoms in total. The number of nitrogens with one attached hydrogen (secondary N) is 1. The van der Waals surface area contributed by atoms with E-state index in [0.29, 0.717) is 23.9 Å². The largest absolute Gasteiger partial charge is 0.396 e. The number of ketones is 1. The Hall–Kier alpha value is -3.18. The molecule has 0 radical (unpaired) electrons. The Balaban J connectivity index is 2.14. The third-order valence-electron chi connectivity index (χ3n) is 4.34. The van der Waals surface area contributed by atoms with Crippen molar-refractivity contribution in [3.63, 3.8) is 0 Å². The highest BCUT2D eigenvalue weighted by Crippen LogP contribution is 2.32. The Morgan fingerprint density at radius 1 is 1.19 bits per heavy atom. The highest BCUT2D eigenvalue weighted by molar-refractivity contribution is 6.09. The maximum absolute atomic E-state index is 11.7. The summed E-state index contributed by atoms with van der Waals surface area (Å²) in [6, 6.07) is 13.2. The molecule has 0 spiro atoms. The van der Waals surface area contributed by atoms with E-state index in [1.54, 1.807) is 6.07 Å². The van der Waals surface area contributed by atoms with Crippen LogP contribution in [0.4, 0.5) is 0 Å². The molecule has 0 unspecified atom stereocenters. The van der Waals surface area contributed by atoms with Crippen molar-refractivity contribution < 1.29 is 14.7 Å². The molecule has 0 saturated heterocycles. The van der Waals surface area contributed by atoms with Gasteiger partial charge in [0.1, 0.15) is 0 Å².